The summed E-state index contributed by atoms with van der Waals surface area (Å²) < 4.78 is 13.6. The van der Waals surface area contributed by atoms with Crippen LogP contribution in [0, 0.1) is 5.82 Å². The monoisotopic (exact) mass is 382 g/mol. The van der Waals surface area contributed by atoms with E-state index in [0.29, 0.717) is 33.7 Å². The molecule has 29 heavy (non-hydrogen) atoms. The molecule has 0 saturated carbocycles. The first-order valence-corrected chi connectivity index (χ1v) is 9.08. The quantitative estimate of drug-likeness (QED) is 0.418. The molecule has 5 rings (SSSR count). The number of ketones is 1. The van der Waals surface area contributed by atoms with Crippen LogP contribution in [0.5, 0.6) is 0 Å². The van der Waals surface area contributed by atoms with Crippen molar-refractivity contribution >= 4 is 39.1 Å². The van der Waals surface area contributed by atoms with E-state index in [0.717, 1.165) is 10.8 Å². The number of H-pyrrole nitrogens is 1. The molecule has 5 aromatic rings. The molecular formula is C23H15FN4O. The number of benzene rings is 3. The molecule has 0 atom stereocenters. The van der Waals surface area contributed by atoms with Crippen LogP contribution in [0.2, 0.25) is 0 Å². The molecule has 5 nitrogen and oxygen atoms in total. The van der Waals surface area contributed by atoms with Gasteiger partial charge in [0.05, 0.1) is 10.9 Å². The molecule has 2 N–H and O–H groups in total. The second-order valence-corrected chi connectivity index (χ2v) is 6.64. The fourth-order valence-corrected chi connectivity index (χ4v) is 3.51. The second kappa shape index (κ2) is 6.83. The number of hydrogen-bond acceptors (Lipinski definition) is 4. The van der Waals surface area contributed by atoms with Gasteiger partial charge in [0.1, 0.15) is 23.6 Å². The van der Waals surface area contributed by atoms with Crippen LogP contribution >= 0.6 is 0 Å². The summed E-state index contributed by atoms with van der Waals surface area (Å²) in [6, 6.07) is 19.5. The number of anilines is 2. The molecule has 140 valence electrons. The number of carbonyl (C=O) groups excluding carboxylic acids is 1. The third-order valence-electron chi connectivity index (χ3n) is 4.84. The van der Waals surface area contributed by atoms with Crippen LogP contribution in [0.15, 0.2) is 79.3 Å². The first-order valence-electron chi connectivity index (χ1n) is 9.08. The van der Waals surface area contributed by atoms with Crippen molar-refractivity contribution in [3.05, 3.63) is 96.2 Å². The Morgan fingerprint density at radius 3 is 2.66 bits per heavy atom. The third-order valence-corrected chi connectivity index (χ3v) is 4.84. The highest BCUT2D eigenvalue weighted by atomic mass is 19.1. The van der Waals surface area contributed by atoms with E-state index >= 15 is 0 Å². The zero-order valence-corrected chi connectivity index (χ0v) is 15.2. The lowest BCUT2D eigenvalue weighted by Crippen LogP contribution is -2.03. The van der Waals surface area contributed by atoms with Crippen LogP contribution in [0.25, 0.3) is 21.8 Å². The minimum Gasteiger partial charge on any atom is -0.345 e. The van der Waals surface area contributed by atoms with E-state index in [1.54, 1.807) is 18.3 Å². The Morgan fingerprint density at radius 2 is 1.76 bits per heavy atom. The topological polar surface area (TPSA) is 70.7 Å². The Balaban J connectivity index is 1.65. The van der Waals surface area contributed by atoms with Gasteiger partial charge in [0.15, 0.2) is 5.78 Å². The Labute approximate surface area is 165 Å². The highest BCUT2D eigenvalue weighted by Gasteiger charge is 2.20. The maximum Gasteiger partial charge on any atom is 0.195 e. The molecule has 0 saturated heterocycles. The van der Waals surface area contributed by atoms with Crippen molar-refractivity contribution in [1.82, 2.24) is 15.0 Å². The van der Waals surface area contributed by atoms with Gasteiger partial charge in [-0.2, -0.15) is 0 Å². The van der Waals surface area contributed by atoms with Crippen molar-refractivity contribution in [3.8, 4) is 0 Å². The van der Waals surface area contributed by atoms with Crippen LogP contribution in [0.4, 0.5) is 15.9 Å². The van der Waals surface area contributed by atoms with Gasteiger partial charge in [0.2, 0.25) is 0 Å². The molecule has 0 aliphatic rings. The van der Waals surface area contributed by atoms with Gasteiger partial charge in [-0.25, -0.2) is 14.4 Å². The molecule has 0 fully saturated rings. The molecule has 0 spiro atoms. The fraction of sp³-hybridized carbons (Fsp3) is 0. The van der Waals surface area contributed by atoms with Gasteiger partial charge in [0, 0.05) is 17.4 Å². The Bertz CT molecular complexity index is 1370. The molecule has 6 heteroatoms. The fourth-order valence-electron chi connectivity index (χ4n) is 3.51. The summed E-state index contributed by atoms with van der Waals surface area (Å²) in [6.07, 6.45) is 3.03. The summed E-state index contributed by atoms with van der Waals surface area (Å²) in [6.45, 7) is 0. The summed E-state index contributed by atoms with van der Waals surface area (Å²) >= 11 is 0. The minimum absolute atomic E-state index is 0.134. The molecule has 0 radical (unpaired) electrons. The summed E-state index contributed by atoms with van der Waals surface area (Å²) in [5, 5.41) is 5.53. The first-order chi connectivity index (χ1) is 14.2. The second-order valence-electron chi connectivity index (χ2n) is 6.64. The zero-order chi connectivity index (χ0) is 19.8. The zero-order valence-electron chi connectivity index (χ0n) is 15.2. The van der Waals surface area contributed by atoms with Gasteiger partial charge in [-0.05, 0) is 29.0 Å². The Kier molecular flexibility index (Phi) is 4.02. The van der Waals surface area contributed by atoms with E-state index in [2.05, 4.69) is 20.3 Å². The molecule has 2 heterocycles. The molecule has 0 unspecified atom stereocenters. The summed E-state index contributed by atoms with van der Waals surface area (Å²) in [4.78, 5) is 25.0. The van der Waals surface area contributed by atoms with Gasteiger partial charge >= 0.3 is 0 Å². The largest absolute Gasteiger partial charge is 0.345 e. The number of carbonyl (C=O) groups is 1. The normalized spacial score (nSPS) is 11.1. The van der Waals surface area contributed by atoms with Crippen LogP contribution in [0.3, 0.4) is 0 Å². The van der Waals surface area contributed by atoms with E-state index in [9.17, 15) is 9.18 Å². The maximum atomic E-state index is 13.6. The lowest BCUT2D eigenvalue weighted by Gasteiger charge is -2.09. The van der Waals surface area contributed by atoms with Crippen molar-refractivity contribution in [3.63, 3.8) is 0 Å². The average Bonchev–Trinajstić information content (AvgIpc) is 3.18. The lowest BCUT2D eigenvalue weighted by atomic mass is 9.97. The number of nitrogens with zero attached hydrogens (tertiary/aromatic N) is 2. The highest BCUT2D eigenvalue weighted by molar-refractivity contribution is 6.22. The number of aromatic nitrogens is 3. The third kappa shape index (κ3) is 3.00. The Morgan fingerprint density at radius 1 is 0.931 bits per heavy atom. The van der Waals surface area contributed by atoms with Gasteiger partial charge in [-0.3, -0.25) is 4.79 Å². The van der Waals surface area contributed by atoms with Crippen molar-refractivity contribution in [2.45, 2.75) is 0 Å². The van der Waals surface area contributed by atoms with E-state index in [1.165, 1.54) is 18.5 Å². The molecule has 3 aromatic carbocycles. The molecule has 2 aromatic heterocycles. The predicted octanol–water partition coefficient (Wildman–Crippen LogP) is 5.22. The van der Waals surface area contributed by atoms with Gasteiger partial charge in [0.25, 0.3) is 0 Å². The minimum atomic E-state index is -0.360. The van der Waals surface area contributed by atoms with E-state index in [1.807, 2.05) is 42.5 Å². The number of nitrogens with one attached hydrogen (secondary N) is 2. The van der Waals surface area contributed by atoms with E-state index < -0.39 is 0 Å². The van der Waals surface area contributed by atoms with Crippen LogP contribution in [-0.2, 0) is 0 Å². The number of hydrogen-bond donors (Lipinski definition) is 2. The smallest absolute Gasteiger partial charge is 0.195 e. The van der Waals surface area contributed by atoms with Crippen molar-refractivity contribution in [2.75, 3.05) is 5.32 Å². The number of rotatable bonds is 4. The van der Waals surface area contributed by atoms with E-state index in [-0.39, 0.29) is 11.6 Å². The van der Waals surface area contributed by atoms with Gasteiger partial charge < -0.3 is 10.3 Å². The van der Waals surface area contributed by atoms with Crippen molar-refractivity contribution < 1.29 is 9.18 Å². The summed E-state index contributed by atoms with van der Waals surface area (Å²) in [7, 11) is 0. The highest BCUT2D eigenvalue weighted by Crippen LogP contribution is 2.29. The van der Waals surface area contributed by atoms with Crippen molar-refractivity contribution in [1.29, 1.82) is 0 Å². The van der Waals surface area contributed by atoms with Crippen LogP contribution in [0.1, 0.15) is 15.9 Å². The predicted molar refractivity (Wildman–Crippen MR) is 111 cm³/mol. The average molecular weight is 382 g/mol. The SMILES string of the molecule is O=C(c1cccc2ccccc12)c1c[nH]c2ncnc(Nc3cccc(F)c3)c12. The number of aromatic amines is 1. The van der Waals surface area contributed by atoms with Gasteiger partial charge in [-0.1, -0.05) is 48.5 Å². The molecular weight excluding hydrogens is 367 g/mol. The van der Waals surface area contributed by atoms with Crippen LogP contribution in [-0.4, -0.2) is 20.7 Å². The summed E-state index contributed by atoms with van der Waals surface area (Å²) in [5.74, 6) is -0.0583. The standard InChI is InChI=1S/C23H15FN4O/c24-15-7-4-8-16(11-15)28-23-20-19(12-25-22(20)26-13-27-23)21(29)18-10-3-6-14-5-1-2-9-17(14)18/h1-13H,(H2,25,26,27,28). The van der Waals surface area contributed by atoms with Crippen LogP contribution < -0.4 is 5.32 Å². The molecule has 0 aliphatic carbocycles. The molecule has 0 aliphatic heterocycles. The summed E-state index contributed by atoms with van der Waals surface area (Å²) in [5.41, 5.74) is 2.12. The van der Waals surface area contributed by atoms with E-state index in [4.69, 9.17) is 0 Å². The van der Waals surface area contributed by atoms with Crippen molar-refractivity contribution in [2.24, 2.45) is 0 Å². The molecule has 0 amide bonds. The molecule has 0 bridgehead atoms. The van der Waals surface area contributed by atoms with Gasteiger partial charge in [-0.15, -0.1) is 0 Å². The maximum absolute atomic E-state index is 13.6. The number of halogens is 1. The Hall–Kier alpha value is -4.06. The lowest BCUT2D eigenvalue weighted by molar-refractivity contribution is 0.104. The first kappa shape index (κ1) is 17.1. The number of fused-ring (bicyclic) bond motifs is 2.